The van der Waals surface area contributed by atoms with E-state index in [-0.39, 0.29) is 11.2 Å². The van der Waals surface area contributed by atoms with E-state index in [0.717, 1.165) is 16.7 Å². The van der Waals surface area contributed by atoms with Crippen LogP contribution in [0.15, 0.2) is 18.2 Å². The van der Waals surface area contributed by atoms with Gasteiger partial charge < -0.3 is 5.11 Å². The lowest BCUT2D eigenvalue weighted by Gasteiger charge is -2.20. The SMILES string of the molecule is CC(C)(C)c1ccc2c(c1)C(O)C(=O)C2. The Kier molecular flexibility index (Phi) is 2.19. The first kappa shape index (κ1) is 10.4. The number of hydrogen-bond donors (Lipinski definition) is 1. The highest BCUT2D eigenvalue weighted by atomic mass is 16.3. The number of rotatable bonds is 0. The molecule has 1 atom stereocenters. The van der Waals surface area contributed by atoms with E-state index in [9.17, 15) is 9.90 Å². The highest BCUT2D eigenvalue weighted by molar-refractivity contribution is 5.91. The van der Waals surface area contributed by atoms with Crippen LogP contribution in [0.5, 0.6) is 0 Å². The number of aliphatic hydroxyl groups is 1. The molecular weight excluding hydrogens is 188 g/mol. The molecule has 0 aromatic heterocycles. The molecule has 0 amide bonds. The topological polar surface area (TPSA) is 37.3 Å². The van der Waals surface area contributed by atoms with Crippen LogP contribution < -0.4 is 0 Å². The molecule has 1 N–H and O–H groups in total. The number of benzene rings is 1. The Bertz CT molecular complexity index is 413. The Morgan fingerprint density at radius 3 is 2.60 bits per heavy atom. The van der Waals surface area contributed by atoms with Gasteiger partial charge in [0.25, 0.3) is 0 Å². The van der Waals surface area contributed by atoms with Crippen LogP contribution in [0, 0.1) is 0 Å². The van der Waals surface area contributed by atoms with Crippen molar-refractivity contribution in [3.05, 3.63) is 34.9 Å². The molecule has 15 heavy (non-hydrogen) atoms. The van der Waals surface area contributed by atoms with Gasteiger partial charge in [-0.1, -0.05) is 39.0 Å². The van der Waals surface area contributed by atoms with E-state index in [1.807, 2.05) is 18.2 Å². The van der Waals surface area contributed by atoms with Gasteiger partial charge in [-0.2, -0.15) is 0 Å². The van der Waals surface area contributed by atoms with Gasteiger partial charge in [-0.3, -0.25) is 4.79 Å². The minimum atomic E-state index is -0.901. The fourth-order valence-corrected chi connectivity index (χ4v) is 1.93. The van der Waals surface area contributed by atoms with E-state index in [1.54, 1.807) is 0 Å². The first-order chi connectivity index (χ1) is 6.89. The first-order valence-corrected chi connectivity index (χ1v) is 5.23. The maximum Gasteiger partial charge on any atom is 0.170 e. The number of carbonyl (C=O) groups excluding carboxylic acids is 1. The van der Waals surface area contributed by atoms with E-state index < -0.39 is 6.10 Å². The van der Waals surface area contributed by atoms with Crippen molar-refractivity contribution in [2.45, 2.75) is 38.7 Å². The molecule has 80 valence electrons. The third-order valence-corrected chi connectivity index (χ3v) is 2.98. The number of hydrogen-bond acceptors (Lipinski definition) is 2. The van der Waals surface area contributed by atoms with Gasteiger partial charge in [0.1, 0.15) is 6.10 Å². The summed E-state index contributed by atoms with van der Waals surface area (Å²) < 4.78 is 0. The fourth-order valence-electron chi connectivity index (χ4n) is 1.93. The molecule has 0 bridgehead atoms. The zero-order valence-corrected chi connectivity index (χ0v) is 9.37. The lowest BCUT2D eigenvalue weighted by molar-refractivity contribution is -0.125. The number of fused-ring (bicyclic) bond motifs is 1. The normalized spacial score (nSPS) is 20.5. The molecule has 2 rings (SSSR count). The van der Waals surface area contributed by atoms with E-state index in [0.29, 0.717) is 6.42 Å². The van der Waals surface area contributed by atoms with Crippen molar-refractivity contribution < 1.29 is 9.90 Å². The summed E-state index contributed by atoms with van der Waals surface area (Å²) in [7, 11) is 0. The largest absolute Gasteiger partial charge is 0.381 e. The van der Waals surface area contributed by atoms with E-state index in [2.05, 4.69) is 20.8 Å². The van der Waals surface area contributed by atoms with E-state index >= 15 is 0 Å². The molecule has 0 heterocycles. The van der Waals surface area contributed by atoms with Crippen molar-refractivity contribution in [1.82, 2.24) is 0 Å². The Morgan fingerprint density at radius 2 is 2.00 bits per heavy atom. The van der Waals surface area contributed by atoms with Crippen molar-refractivity contribution >= 4 is 5.78 Å². The zero-order chi connectivity index (χ0) is 11.2. The fraction of sp³-hybridized carbons (Fsp3) is 0.462. The monoisotopic (exact) mass is 204 g/mol. The number of ketones is 1. The maximum atomic E-state index is 11.3. The summed E-state index contributed by atoms with van der Waals surface area (Å²) in [4.78, 5) is 11.3. The molecule has 0 spiro atoms. The third-order valence-electron chi connectivity index (χ3n) is 2.98. The molecule has 0 saturated carbocycles. The third kappa shape index (κ3) is 1.70. The lowest BCUT2D eigenvalue weighted by Crippen LogP contribution is -2.12. The van der Waals surface area contributed by atoms with Gasteiger partial charge in [-0.15, -0.1) is 0 Å². The van der Waals surface area contributed by atoms with Gasteiger partial charge in [0.15, 0.2) is 5.78 Å². The molecule has 1 unspecified atom stereocenters. The van der Waals surface area contributed by atoms with Crippen LogP contribution in [0.3, 0.4) is 0 Å². The molecule has 2 nitrogen and oxygen atoms in total. The molecular formula is C13H16O2. The quantitative estimate of drug-likeness (QED) is 0.703. The predicted octanol–water partition coefficient (Wildman–Crippen LogP) is 2.14. The van der Waals surface area contributed by atoms with Gasteiger partial charge in [-0.25, -0.2) is 0 Å². The molecule has 1 aliphatic rings. The van der Waals surface area contributed by atoms with Crippen molar-refractivity contribution in [1.29, 1.82) is 0 Å². The molecule has 0 saturated heterocycles. The van der Waals surface area contributed by atoms with Crippen LogP contribution >= 0.6 is 0 Å². The standard InChI is InChI=1S/C13H16O2/c1-13(2,3)9-5-4-8-6-11(14)12(15)10(8)7-9/h4-5,7,12,15H,6H2,1-3H3. The molecule has 1 aliphatic carbocycles. The summed E-state index contributed by atoms with van der Waals surface area (Å²) >= 11 is 0. The Balaban J connectivity index is 2.49. The molecule has 1 aromatic carbocycles. The number of aliphatic hydroxyl groups excluding tert-OH is 1. The van der Waals surface area contributed by atoms with Crippen molar-refractivity contribution in [3.8, 4) is 0 Å². The summed E-state index contributed by atoms with van der Waals surface area (Å²) in [5.41, 5.74) is 2.99. The van der Waals surface area contributed by atoms with Crippen LogP contribution in [0.1, 0.15) is 43.6 Å². The molecule has 0 radical (unpaired) electrons. The number of carbonyl (C=O) groups is 1. The second-order valence-corrected chi connectivity index (χ2v) is 5.21. The van der Waals surface area contributed by atoms with Crippen LogP contribution in [0.2, 0.25) is 0 Å². The Hall–Kier alpha value is -1.15. The lowest BCUT2D eigenvalue weighted by atomic mass is 9.85. The molecule has 1 aromatic rings. The maximum absolute atomic E-state index is 11.3. The Labute approximate surface area is 89.9 Å². The second-order valence-electron chi connectivity index (χ2n) is 5.21. The van der Waals surface area contributed by atoms with Gasteiger partial charge in [0, 0.05) is 6.42 Å². The first-order valence-electron chi connectivity index (χ1n) is 5.23. The van der Waals surface area contributed by atoms with E-state index in [1.165, 1.54) is 0 Å². The van der Waals surface area contributed by atoms with Crippen LogP contribution in [0.25, 0.3) is 0 Å². The summed E-state index contributed by atoms with van der Waals surface area (Å²) in [6, 6.07) is 5.97. The highest BCUT2D eigenvalue weighted by Crippen LogP contribution is 2.32. The zero-order valence-electron chi connectivity index (χ0n) is 9.37. The van der Waals surface area contributed by atoms with Crippen LogP contribution in [-0.4, -0.2) is 10.9 Å². The summed E-state index contributed by atoms with van der Waals surface area (Å²) in [5.74, 6) is -0.0870. The summed E-state index contributed by atoms with van der Waals surface area (Å²) in [5, 5.41) is 9.69. The van der Waals surface area contributed by atoms with Crippen molar-refractivity contribution in [2.75, 3.05) is 0 Å². The van der Waals surface area contributed by atoms with E-state index in [4.69, 9.17) is 0 Å². The second kappa shape index (κ2) is 3.17. The minimum absolute atomic E-state index is 0.0559. The summed E-state index contributed by atoms with van der Waals surface area (Å²) in [6.45, 7) is 6.37. The number of Topliss-reactive ketones (excluding diaryl/α,β-unsaturated/α-hetero) is 1. The average molecular weight is 204 g/mol. The van der Waals surface area contributed by atoms with Crippen molar-refractivity contribution in [3.63, 3.8) is 0 Å². The van der Waals surface area contributed by atoms with Crippen LogP contribution in [0.4, 0.5) is 0 Å². The molecule has 2 heteroatoms. The van der Waals surface area contributed by atoms with Gasteiger partial charge >= 0.3 is 0 Å². The molecule has 0 fully saturated rings. The predicted molar refractivity (Wildman–Crippen MR) is 58.8 cm³/mol. The average Bonchev–Trinajstić information content (AvgIpc) is 2.41. The Morgan fingerprint density at radius 1 is 1.33 bits per heavy atom. The van der Waals surface area contributed by atoms with Gasteiger partial charge in [-0.05, 0) is 22.1 Å². The smallest absolute Gasteiger partial charge is 0.170 e. The minimum Gasteiger partial charge on any atom is -0.381 e. The summed E-state index contributed by atoms with van der Waals surface area (Å²) in [6.07, 6.45) is -0.525. The molecule has 0 aliphatic heterocycles. The van der Waals surface area contributed by atoms with Gasteiger partial charge in [0.2, 0.25) is 0 Å². The van der Waals surface area contributed by atoms with Crippen LogP contribution in [-0.2, 0) is 16.6 Å². The van der Waals surface area contributed by atoms with Crippen molar-refractivity contribution in [2.24, 2.45) is 0 Å². The van der Waals surface area contributed by atoms with Gasteiger partial charge in [0.05, 0.1) is 0 Å². The highest BCUT2D eigenvalue weighted by Gasteiger charge is 2.29.